The third-order valence-corrected chi connectivity index (χ3v) is 6.23. The van der Waals surface area contributed by atoms with E-state index < -0.39 is 11.6 Å². The Bertz CT molecular complexity index is 980. The summed E-state index contributed by atoms with van der Waals surface area (Å²) < 4.78 is 11.4. The van der Waals surface area contributed by atoms with Crippen molar-refractivity contribution in [1.29, 1.82) is 0 Å². The minimum atomic E-state index is -0.682. The van der Waals surface area contributed by atoms with E-state index in [1.165, 1.54) is 0 Å². The second-order valence-corrected chi connectivity index (χ2v) is 11.2. The number of hydrogen-bond acceptors (Lipinski definition) is 5. The van der Waals surface area contributed by atoms with Crippen molar-refractivity contribution in [1.82, 2.24) is 15.5 Å². The number of carbonyl (C=O) groups excluding carboxylic acids is 2. The van der Waals surface area contributed by atoms with Crippen LogP contribution in [0.5, 0.6) is 5.75 Å². The van der Waals surface area contributed by atoms with Gasteiger partial charge in [0.1, 0.15) is 18.4 Å². The summed E-state index contributed by atoms with van der Waals surface area (Å²) in [6, 6.07) is 16.8. The molecular weight excluding hydrogens is 466 g/mol. The molecule has 1 saturated heterocycles. The quantitative estimate of drug-likeness (QED) is 0.480. The SMILES string of the molecule is CC(C)C[C@H](C(=O)N[C@@H](Cc1ccc(OCc2ccccc2)cc1)C(=O)NC(C)(C)C)N1CCOCC1. The highest BCUT2D eigenvalue weighted by Crippen LogP contribution is 2.18. The van der Waals surface area contributed by atoms with Gasteiger partial charge in [-0.25, -0.2) is 0 Å². The van der Waals surface area contributed by atoms with Gasteiger partial charge in [-0.1, -0.05) is 56.3 Å². The minimum absolute atomic E-state index is 0.104. The predicted octanol–water partition coefficient (Wildman–Crippen LogP) is 3.95. The number of carbonyl (C=O) groups is 2. The zero-order chi connectivity index (χ0) is 26.8. The molecule has 1 heterocycles. The number of ether oxygens (including phenoxy) is 2. The van der Waals surface area contributed by atoms with Crippen LogP contribution in [0.1, 0.15) is 52.2 Å². The molecule has 0 bridgehead atoms. The van der Waals surface area contributed by atoms with Gasteiger partial charge in [-0.15, -0.1) is 0 Å². The molecule has 1 aliphatic rings. The largest absolute Gasteiger partial charge is 0.489 e. The van der Waals surface area contributed by atoms with Crippen molar-refractivity contribution in [3.63, 3.8) is 0 Å². The van der Waals surface area contributed by atoms with Gasteiger partial charge in [0.15, 0.2) is 0 Å². The number of amides is 2. The fourth-order valence-electron chi connectivity index (χ4n) is 4.39. The lowest BCUT2D eigenvalue weighted by Crippen LogP contribution is -2.58. The molecule has 0 aromatic heterocycles. The van der Waals surface area contributed by atoms with Crippen LogP contribution in [-0.2, 0) is 27.4 Å². The maximum atomic E-state index is 13.5. The van der Waals surface area contributed by atoms with E-state index in [4.69, 9.17) is 9.47 Å². The van der Waals surface area contributed by atoms with Gasteiger partial charge >= 0.3 is 0 Å². The normalized spacial score (nSPS) is 16.2. The van der Waals surface area contributed by atoms with Crippen molar-refractivity contribution in [2.24, 2.45) is 5.92 Å². The molecule has 0 aliphatic carbocycles. The second kappa shape index (κ2) is 13.6. The Labute approximate surface area is 221 Å². The first-order valence-corrected chi connectivity index (χ1v) is 13.3. The third kappa shape index (κ3) is 9.82. The first-order chi connectivity index (χ1) is 17.6. The zero-order valence-electron chi connectivity index (χ0n) is 23.0. The molecule has 2 aromatic rings. The molecule has 2 aromatic carbocycles. The maximum absolute atomic E-state index is 13.5. The Balaban J connectivity index is 1.70. The summed E-state index contributed by atoms with van der Waals surface area (Å²) in [5.41, 5.74) is 1.65. The summed E-state index contributed by atoms with van der Waals surface area (Å²) in [6.07, 6.45) is 1.12. The van der Waals surface area contributed by atoms with Crippen LogP contribution < -0.4 is 15.4 Å². The predicted molar refractivity (Wildman–Crippen MR) is 146 cm³/mol. The molecule has 2 N–H and O–H groups in total. The van der Waals surface area contributed by atoms with Crippen molar-refractivity contribution in [2.45, 2.75) is 71.7 Å². The molecule has 202 valence electrons. The van der Waals surface area contributed by atoms with E-state index in [-0.39, 0.29) is 17.9 Å². The van der Waals surface area contributed by atoms with Gasteiger partial charge in [0.2, 0.25) is 11.8 Å². The van der Waals surface area contributed by atoms with Crippen LogP contribution in [0, 0.1) is 5.92 Å². The fraction of sp³-hybridized carbons (Fsp3) is 0.533. The lowest BCUT2D eigenvalue weighted by atomic mass is 9.99. The van der Waals surface area contributed by atoms with E-state index in [0.29, 0.717) is 45.2 Å². The Hall–Kier alpha value is -2.90. The lowest BCUT2D eigenvalue weighted by Gasteiger charge is -2.35. The molecule has 0 unspecified atom stereocenters. The third-order valence-electron chi connectivity index (χ3n) is 6.23. The highest BCUT2D eigenvalue weighted by atomic mass is 16.5. The molecule has 37 heavy (non-hydrogen) atoms. The molecule has 1 fully saturated rings. The van der Waals surface area contributed by atoms with Crippen molar-refractivity contribution >= 4 is 11.8 Å². The Morgan fingerprint density at radius 3 is 2.19 bits per heavy atom. The van der Waals surface area contributed by atoms with Crippen molar-refractivity contribution < 1.29 is 19.1 Å². The van der Waals surface area contributed by atoms with Gasteiger partial charge in [-0.05, 0) is 56.4 Å². The average Bonchev–Trinajstić information content (AvgIpc) is 2.86. The number of rotatable bonds is 11. The van der Waals surface area contributed by atoms with E-state index in [1.807, 2.05) is 75.4 Å². The van der Waals surface area contributed by atoms with E-state index in [0.717, 1.165) is 23.3 Å². The van der Waals surface area contributed by atoms with Gasteiger partial charge in [0.25, 0.3) is 0 Å². The topological polar surface area (TPSA) is 79.9 Å². The number of nitrogens with zero attached hydrogens (tertiary/aromatic N) is 1. The molecule has 7 nitrogen and oxygen atoms in total. The maximum Gasteiger partial charge on any atom is 0.243 e. The average molecular weight is 510 g/mol. The van der Waals surface area contributed by atoms with Crippen molar-refractivity contribution in [3.8, 4) is 5.75 Å². The standard InChI is InChI=1S/C30H43N3O4/c1-22(2)19-27(33-15-17-36-18-16-33)29(35)31-26(28(34)32-30(3,4)5)20-23-11-13-25(14-12-23)37-21-24-9-7-6-8-10-24/h6-14,22,26-27H,15-21H2,1-5H3,(H,31,35)(H,32,34)/t26-,27+/m0/s1. The zero-order valence-corrected chi connectivity index (χ0v) is 23.0. The molecule has 2 amide bonds. The Morgan fingerprint density at radius 2 is 1.59 bits per heavy atom. The van der Waals surface area contributed by atoms with Crippen molar-refractivity contribution in [3.05, 3.63) is 65.7 Å². The van der Waals surface area contributed by atoms with Gasteiger partial charge in [-0.2, -0.15) is 0 Å². The molecule has 1 aliphatic heterocycles. The fourth-order valence-corrected chi connectivity index (χ4v) is 4.39. The lowest BCUT2D eigenvalue weighted by molar-refractivity contribution is -0.134. The first kappa shape index (κ1) is 28.7. The van der Waals surface area contributed by atoms with Crippen LogP contribution in [0.15, 0.2) is 54.6 Å². The smallest absolute Gasteiger partial charge is 0.243 e. The van der Waals surface area contributed by atoms with Gasteiger partial charge < -0.3 is 20.1 Å². The van der Waals surface area contributed by atoms with Crippen LogP contribution in [0.4, 0.5) is 0 Å². The summed E-state index contributed by atoms with van der Waals surface area (Å²) in [6.45, 7) is 13.2. The summed E-state index contributed by atoms with van der Waals surface area (Å²) in [7, 11) is 0. The summed E-state index contributed by atoms with van der Waals surface area (Å²) >= 11 is 0. The molecule has 0 radical (unpaired) electrons. The van der Waals surface area contributed by atoms with Gasteiger partial charge in [0.05, 0.1) is 19.3 Å². The van der Waals surface area contributed by atoms with Crippen LogP contribution in [0.3, 0.4) is 0 Å². The summed E-state index contributed by atoms with van der Waals surface area (Å²) in [5, 5.41) is 6.13. The Kier molecular flexibility index (Phi) is 10.5. The van der Waals surface area contributed by atoms with E-state index in [2.05, 4.69) is 29.4 Å². The number of morpholine rings is 1. The molecule has 3 rings (SSSR count). The molecule has 0 saturated carbocycles. The molecule has 2 atom stereocenters. The Morgan fingerprint density at radius 1 is 0.946 bits per heavy atom. The van der Waals surface area contributed by atoms with E-state index in [1.54, 1.807) is 0 Å². The molecular formula is C30H43N3O4. The van der Waals surface area contributed by atoms with Crippen LogP contribution in [0.25, 0.3) is 0 Å². The van der Waals surface area contributed by atoms with Crippen molar-refractivity contribution in [2.75, 3.05) is 26.3 Å². The minimum Gasteiger partial charge on any atom is -0.489 e. The van der Waals surface area contributed by atoms with Crippen LogP contribution >= 0.6 is 0 Å². The van der Waals surface area contributed by atoms with E-state index >= 15 is 0 Å². The number of nitrogens with one attached hydrogen (secondary N) is 2. The van der Waals surface area contributed by atoms with Crippen LogP contribution in [0.2, 0.25) is 0 Å². The molecule has 7 heteroatoms. The summed E-state index contributed by atoms with van der Waals surface area (Å²) in [5.74, 6) is 0.823. The van der Waals surface area contributed by atoms with Crippen LogP contribution in [-0.4, -0.2) is 60.6 Å². The molecule has 0 spiro atoms. The van der Waals surface area contributed by atoms with Gasteiger partial charge in [-0.3, -0.25) is 14.5 Å². The highest BCUT2D eigenvalue weighted by Gasteiger charge is 2.32. The monoisotopic (exact) mass is 509 g/mol. The van der Waals surface area contributed by atoms with E-state index in [9.17, 15) is 9.59 Å². The second-order valence-electron chi connectivity index (χ2n) is 11.2. The first-order valence-electron chi connectivity index (χ1n) is 13.3. The number of benzene rings is 2. The number of hydrogen-bond donors (Lipinski definition) is 2. The summed E-state index contributed by atoms with van der Waals surface area (Å²) in [4.78, 5) is 29.0. The van der Waals surface area contributed by atoms with Gasteiger partial charge in [0, 0.05) is 25.0 Å². The highest BCUT2D eigenvalue weighted by molar-refractivity contribution is 5.90.